The van der Waals surface area contributed by atoms with Crippen molar-refractivity contribution in [3.8, 4) is 5.75 Å². The van der Waals surface area contributed by atoms with Crippen LogP contribution in [0.15, 0.2) is 28.2 Å². The first-order chi connectivity index (χ1) is 11.1. The van der Waals surface area contributed by atoms with Gasteiger partial charge < -0.3 is 15.0 Å². The summed E-state index contributed by atoms with van der Waals surface area (Å²) in [6.07, 6.45) is 2.25. The Labute approximate surface area is 147 Å². The summed E-state index contributed by atoms with van der Waals surface area (Å²) in [4.78, 5) is 4.97. The average Bonchev–Trinajstić information content (AvgIpc) is 2.55. The summed E-state index contributed by atoms with van der Waals surface area (Å²) in [5.74, 6) is 0.975. The Balaban J connectivity index is 1.47. The van der Waals surface area contributed by atoms with Crippen LogP contribution in [0.3, 0.4) is 0 Å². The third-order valence-electron chi connectivity index (χ3n) is 4.70. The highest BCUT2D eigenvalue weighted by Gasteiger charge is 2.19. The SMILES string of the molecule is CC(CNCC1=Cc2cc(Br)ccc2OC1)N1CCN(C)CC1. The van der Waals surface area contributed by atoms with Gasteiger partial charge in [-0.2, -0.15) is 0 Å². The Morgan fingerprint density at radius 2 is 2.04 bits per heavy atom. The van der Waals surface area contributed by atoms with E-state index in [1.807, 2.05) is 12.1 Å². The normalized spacial score (nSPS) is 20.6. The molecule has 0 saturated carbocycles. The topological polar surface area (TPSA) is 27.7 Å². The molecule has 4 nitrogen and oxygen atoms in total. The molecule has 23 heavy (non-hydrogen) atoms. The molecule has 0 spiro atoms. The zero-order valence-corrected chi connectivity index (χ0v) is 15.6. The number of likely N-dealkylation sites (N-methyl/N-ethyl adjacent to an activating group) is 1. The van der Waals surface area contributed by atoms with E-state index >= 15 is 0 Å². The van der Waals surface area contributed by atoms with Gasteiger partial charge in [0.15, 0.2) is 0 Å². The highest BCUT2D eigenvalue weighted by Crippen LogP contribution is 2.28. The summed E-state index contributed by atoms with van der Waals surface area (Å²) < 4.78 is 6.92. The molecule has 3 rings (SSSR count). The molecule has 2 heterocycles. The zero-order chi connectivity index (χ0) is 16.2. The lowest BCUT2D eigenvalue weighted by atomic mass is 10.1. The maximum Gasteiger partial charge on any atom is 0.127 e. The van der Waals surface area contributed by atoms with Crippen molar-refractivity contribution in [1.82, 2.24) is 15.1 Å². The van der Waals surface area contributed by atoms with Gasteiger partial charge in [-0.25, -0.2) is 0 Å². The van der Waals surface area contributed by atoms with Crippen LogP contribution in [0.2, 0.25) is 0 Å². The van der Waals surface area contributed by atoms with Gasteiger partial charge in [-0.1, -0.05) is 15.9 Å². The minimum atomic E-state index is 0.579. The van der Waals surface area contributed by atoms with Crippen LogP contribution in [0.4, 0.5) is 0 Å². The quantitative estimate of drug-likeness (QED) is 0.850. The minimum absolute atomic E-state index is 0.579. The number of piperazine rings is 1. The summed E-state index contributed by atoms with van der Waals surface area (Å²) in [6.45, 7) is 9.61. The van der Waals surface area contributed by atoms with E-state index in [1.165, 1.54) is 31.8 Å². The summed E-state index contributed by atoms with van der Waals surface area (Å²) in [5, 5.41) is 3.59. The van der Waals surface area contributed by atoms with Crippen molar-refractivity contribution in [3.05, 3.63) is 33.8 Å². The van der Waals surface area contributed by atoms with E-state index in [2.05, 4.69) is 57.2 Å². The number of nitrogens with zero attached hydrogens (tertiary/aromatic N) is 2. The van der Waals surface area contributed by atoms with Gasteiger partial charge in [0.2, 0.25) is 0 Å². The van der Waals surface area contributed by atoms with E-state index in [9.17, 15) is 0 Å². The van der Waals surface area contributed by atoms with Crippen molar-refractivity contribution >= 4 is 22.0 Å². The molecule has 0 bridgehead atoms. The number of benzene rings is 1. The molecule has 1 saturated heterocycles. The summed E-state index contributed by atoms with van der Waals surface area (Å²) >= 11 is 3.52. The van der Waals surface area contributed by atoms with Gasteiger partial charge in [-0.3, -0.25) is 4.90 Å². The van der Waals surface area contributed by atoms with Crippen molar-refractivity contribution in [2.45, 2.75) is 13.0 Å². The molecule has 0 aliphatic carbocycles. The standard InChI is InChI=1S/C18H26BrN3O/c1-14(22-7-5-21(2)6-8-22)11-20-12-15-9-16-10-17(19)3-4-18(16)23-13-15/h3-4,9-10,14,20H,5-8,11-13H2,1-2H3. The number of fused-ring (bicyclic) bond motifs is 1. The fourth-order valence-electron chi connectivity index (χ4n) is 3.13. The van der Waals surface area contributed by atoms with Gasteiger partial charge in [0.05, 0.1) is 0 Å². The molecule has 1 aromatic rings. The van der Waals surface area contributed by atoms with Crippen molar-refractivity contribution in [2.75, 3.05) is 52.9 Å². The Bertz CT molecular complexity index is 567. The lowest BCUT2D eigenvalue weighted by Gasteiger charge is -2.36. The molecule has 1 aromatic carbocycles. The van der Waals surface area contributed by atoms with Gasteiger partial charge in [0.25, 0.3) is 0 Å². The van der Waals surface area contributed by atoms with Crippen molar-refractivity contribution in [2.24, 2.45) is 0 Å². The molecule has 0 radical (unpaired) electrons. The third kappa shape index (κ3) is 4.57. The Morgan fingerprint density at radius 1 is 1.26 bits per heavy atom. The van der Waals surface area contributed by atoms with Gasteiger partial charge in [-0.15, -0.1) is 0 Å². The second-order valence-corrected chi connectivity index (χ2v) is 7.51. The van der Waals surface area contributed by atoms with Crippen LogP contribution in [0, 0.1) is 0 Å². The largest absolute Gasteiger partial charge is 0.489 e. The molecule has 2 aliphatic heterocycles. The predicted octanol–water partition coefficient (Wildman–Crippen LogP) is 2.45. The van der Waals surface area contributed by atoms with Crippen LogP contribution in [0.1, 0.15) is 12.5 Å². The number of hydrogen-bond acceptors (Lipinski definition) is 4. The molecule has 5 heteroatoms. The number of hydrogen-bond donors (Lipinski definition) is 1. The Morgan fingerprint density at radius 3 is 2.83 bits per heavy atom. The van der Waals surface area contributed by atoms with Crippen LogP contribution in [0.5, 0.6) is 5.75 Å². The fourth-order valence-corrected chi connectivity index (χ4v) is 3.51. The molecule has 126 valence electrons. The molecule has 1 fully saturated rings. The number of nitrogens with one attached hydrogen (secondary N) is 1. The molecule has 1 atom stereocenters. The van der Waals surface area contributed by atoms with Crippen molar-refractivity contribution < 1.29 is 4.74 Å². The van der Waals surface area contributed by atoms with Crippen LogP contribution in [-0.2, 0) is 0 Å². The highest BCUT2D eigenvalue weighted by molar-refractivity contribution is 9.10. The van der Waals surface area contributed by atoms with Gasteiger partial charge in [-0.05, 0) is 43.8 Å². The number of ether oxygens (including phenoxy) is 1. The van der Waals surface area contributed by atoms with E-state index < -0.39 is 0 Å². The van der Waals surface area contributed by atoms with Crippen LogP contribution in [-0.4, -0.2) is 68.8 Å². The van der Waals surface area contributed by atoms with E-state index in [1.54, 1.807) is 0 Å². The summed E-state index contributed by atoms with van der Waals surface area (Å²) in [7, 11) is 2.20. The first kappa shape index (κ1) is 17.0. The fraction of sp³-hybridized carbons (Fsp3) is 0.556. The van der Waals surface area contributed by atoms with Crippen molar-refractivity contribution in [3.63, 3.8) is 0 Å². The first-order valence-corrected chi connectivity index (χ1v) is 9.16. The van der Waals surface area contributed by atoms with Crippen LogP contribution in [0.25, 0.3) is 6.08 Å². The second kappa shape index (κ2) is 7.79. The molecule has 1 unspecified atom stereocenters. The Kier molecular flexibility index (Phi) is 5.75. The molecule has 1 N–H and O–H groups in total. The predicted molar refractivity (Wildman–Crippen MR) is 99.0 cm³/mol. The monoisotopic (exact) mass is 379 g/mol. The molecular weight excluding hydrogens is 354 g/mol. The summed E-state index contributed by atoms with van der Waals surface area (Å²) in [5.41, 5.74) is 2.47. The van der Waals surface area contributed by atoms with Crippen LogP contribution < -0.4 is 10.1 Å². The van der Waals surface area contributed by atoms with E-state index in [4.69, 9.17) is 4.74 Å². The average molecular weight is 380 g/mol. The summed E-state index contributed by atoms with van der Waals surface area (Å²) in [6, 6.07) is 6.74. The maximum absolute atomic E-state index is 5.83. The molecule has 0 amide bonds. The van der Waals surface area contributed by atoms with E-state index in [-0.39, 0.29) is 0 Å². The number of halogens is 1. The van der Waals surface area contributed by atoms with Crippen molar-refractivity contribution in [1.29, 1.82) is 0 Å². The first-order valence-electron chi connectivity index (χ1n) is 8.37. The van der Waals surface area contributed by atoms with Crippen LogP contribution >= 0.6 is 15.9 Å². The second-order valence-electron chi connectivity index (χ2n) is 6.59. The lowest BCUT2D eigenvalue weighted by molar-refractivity contribution is 0.118. The molecule has 0 aromatic heterocycles. The van der Waals surface area contributed by atoms with Gasteiger partial charge in [0, 0.05) is 55.3 Å². The molecular formula is C18H26BrN3O. The molecule has 2 aliphatic rings. The number of rotatable bonds is 5. The highest BCUT2D eigenvalue weighted by atomic mass is 79.9. The van der Waals surface area contributed by atoms with Gasteiger partial charge >= 0.3 is 0 Å². The third-order valence-corrected chi connectivity index (χ3v) is 5.19. The Hall–Kier alpha value is -0.880. The smallest absolute Gasteiger partial charge is 0.127 e. The maximum atomic E-state index is 5.83. The van der Waals surface area contributed by atoms with Gasteiger partial charge in [0.1, 0.15) is 12.4 Å². The zero-order valence-electron chi connectivity index (χ0n) is 14.0. The van der Waals surface area contributed by atoms with E-state index in [0.717, 1.165) is 28.9 Å². The lowest BCUT2D eigenvalue weighted by Crippen LogP contribution is -2.50. The van der Waals surface area contributed by atoms with E-state index in [0.29, 0.717) is 12.6 Å². The minimum Gasteiger partial charge on any atom is -0.489 e.